The monoisotopic (exact) mass is 569 g/mol. The fraction of sp³-hybridized carbons (Fsp3) is 0.760. The fourth-order valence-corrected chi connectivity index (χ4v) is 5.60. The molecule has 0 bridgehead atoms. The summed E-state index contributed by atoms with van der Waals surface area (Å²) in [4.78, 5) is 17.0. The number of pyridine rings is 1. The molecule has 0 aromatic carbocycles. The number of aliphatic imine (C=N–C) groups is 1. The summed E-state index contributed by atoms with van der Waals surface area (Å²) in [5, 5.41) is 7.46. The third-order valence-electron chi connectivity index (χ3n) is 7.79. The number of rotatable bonds is 5. The van der Waals surface area contributed by atoms with Gasteiger partial charge in [-0.2, -0.15) is 0 Å². The summed E-state index contributed by atoms with van der Waals surface area (Å²) >= 11 is 0. The Kier molecular flexibility index (Phi) is 10.1. The third kappa shape index (κ3) is 6.94. The van der Waals surface area contributed by atoms with E-state index in [1.807, 2.05) is 7.05 Å². The van der Waals surface area contributed by atoms with Crippen molar-refractivity contribution in [3.8, 4) is 0 Å². The van der Waals surface area contributed by atoms with Crippen LogP contribution in [0.15, 0.2) is 23.2 Å². The first kappa shape index (κ1) is 26.5. The summed E-state index contributed by atoms with van der Waals surface area (Å²) in [5.74, 6) is 2.07. The summed E-state index contributed by atoms with van der Waals surface area (Å²) in [5.41, 5.74) is 1.36. The molecule has 0 amide bonds. The van der Waals surface area contributed by atoms with Crippen molar-refractivity contribution in [2.75, 3.05) is 64.8 Å². The second-order valence-corrected chi connectivity index (χ2v) is 10.0. The molecule has 3 fully saturated rings. The van der Waals surface area contributed by atoms with E-state index in [0.29, 0.717) is 6.04 Å². The first-order chi connectivity index (χ1) is 15.6. The van der Waals surface area contributed by atoms with E-state index in [-0.39, 0.29) is 29.5 Å². The highest BCUT2D eigenvalue weighted by Crippen LogP contribution is 2.31. The van der Waals surface area contributed by atoms with Crippen LogP contribution in [0.25, 0.3) is 0 Å². The third-order valence-corrected chi connectivity index (χ3v) is 7.79. The lowest BCUT2D eigenvalue weighted by Gasteiger charge is -2.50. The fourth-order valence-electron chi connectivity index (χ4n) is 5.60. The minimum Gasteiger partial charge on any atom is -0.356 e. The van der Waals surface area contributed by atoms with Gasteiger partial charge in [-0.15, -0.1) is 24.0 Å². The van der Waals surface area contributed by atoms with Crippen molar-refractivity contribution in [3.05, 3.63) is 23.9 Å². The van der Waals surface area contributed by atoms with Crippen LogP contribution >= 0.6 is 24.0 Å². The van der Waals surface area contributed by atoms with E-state index in [4.69, 9.17) is 4.98 Å². The Balaban J connectivity index is 0.00000306. The molecule has 0 saturated carbocycles. The van der Waals surface area contributed by atoms with Gasteiger partial charge in [0.15, 0.2) is 5.96 Å². The van der Waals surface area contributed by atoms with E-state index >= 15 is 0 Å². The lowest BCUT2D eigenvalue weighted by Crippen LogP contribution is -2.62. The Morgan fingerprint density at radius 1 is 1.06 bits per heavy atom. The van der Waals surface area contributed by atoms with Gasteiger partial charge in [0.25, 0.3) is 0 Å². The number of guanidine groups is 1. The van der Waals surface area contributed by atoms with Crippen LogP contribution in [0.1, 0.15) is 50.6 Å². The summed E-state index contributed by atoms with van der Waals surface area (Å²) in [6.07, 6.45) is 8.79. The molecule has 0 atom stereocenters. The highest BCUT2D eigenvalue weighted by atomic mass is 127. The van der Waals surface area contributed by atoms with Gasteiger partial charge < -0.3 is 20.4 Å². The number of hydrogen-bond donors (Lipinski definition) is 2. The van der Waals surface area contributed by atoms with Gasteiger partial charge in [-0.05, 0) is 90.8 Å². The van der Waals surface area contributed by atoms with Crippen molar-refractivity contribution in [1.82, 2.24) is 25.4 Å². The number of nitrogens with one attached hydrogen (secondary N) is 2. The second-order valence-electron chi connectivity index (χ2n) is 10.0. The average Bonchev–Trinajstić information content (AvgIpc) is 2.84. The van der Waals surface area contributed by atoms with Crippen molar-refractivity contribution < 1.29 is 0 Å². The van der Waals surface area contributed by atoms with Gasteiger partial charge in [0, 0.05) is 44.0 Å². The van der Waals surface area contributed by atoms with E-state index in [0.717, 1.165) is 49.9 Å². The minimum absolute atomic E-state index is 0. The molecule has 3 aliphatic rings. The Morgan fingerprint density at radius 3 is 2.39 bits per heavy atom. The van der Waals surface area contributed by atoms with E-state index in [2.05, 4.69) is 62.5 Å². The molecule has 4 rings (SSSR count). The molecule has 2 N–H and O–H groups in total. The number of likely N-dealkylation sites (tertiary alicyclic amines) is 2. The number of nitrogens with zero attached hydrogens (tertiary/aromatic N) is 5. The van der Waals surface area contributed by atoms with Crippen LogP contribution in [0.2, 0.25) is 0 Å². The molecule has 1 aromatic heterocycles. The molecule has 0 unspecified atom stereocenters. The van der Waals surface area contributed by atoms with Gasteiger partial charge in [-0.3, -0.25) is 9.89 Å². The number of anilines is 1. The van der Waals surface area contributed by atoms with Crippen LogP contribution in [0.5, 0.6) is 0 Å². The van der Waals surface area contributed by atoms with Gasteiger partial charge in [0.05, 0.1) is 0 Å². The zero-order valence-electron chi connectivity index (χ0n) is 20.9. The van der Waals surface area contributed by atoms with Gasteiger partial charge >= 0.3 is 0 Å². The molecular formula is C25H44IN7. The Bertz CT molecular complexity index is 749. The molecule has 3 aliphatic heterocycles. The first-order valence-corrected chi connectivity index (χ1v) is 12.7. The average molecular weight is 570 g/mol. The summed E-state index contributed by atoms with van der Waals surface area (Å²) < 4.78 is 0. The largest absolute Gasteiger partial charge is 0.356 e. The van der Waals surface area contributed by atoms with E-state index < -0.39 is 0 Å². The molecule has 0 radical (unpaired) electrons. The predicted octanol–water partition coefficient (Wildman–Crippen LogP) is 3.09. The molecule has 0 spiro atoms. The van der Waals surface area contributed by atoms with Gasteiger partial charge in [-0.1, -0.05) is 12.5 Å². The quantitative estimate of drug-likeness (QED) is 0.323. The lowest BCUT2D eigenvalue weighted by molar-refractivity contribution is 0.0173. The highest BCUT2D eigenvalue weighted by molar-refractivity contribution is 14.0. The number of piperidine rings is 3. The Labute approximate surface area is 217 Å². The SMILES string of the molecule is CN=C(NCC1(N2CCCCC2)CCN(C)CC1)NC1CCN(c2cccc(C)n2)CC1.I. The maximum atomic E-state index is 4.70. The van der Waals surface area contributed by atoms with Gasteiger partial charge in [0.1, 0.15) is 5.82 Å². The maximum Gasteiger partial charge on any atom is 0.191 e. The zero-order chi connectivity index (χ0) is 22.4. The molecule has 0 aliphatic carbocycles. The second kappa shape index (κ2) is 12.5. The summed E-state index contributed by atoms with van der Waals surface area (Å²) in [6.45, 7) is 10.0. The van der Waals surface area contributed by atoms with Crippen molar-refractivity contribution in [3.63, 3.8) is 0 Å². The maximum absolute atomic E-state index is 4.70. The van der Waals surface area contributed by atoms with Crippen LogP contribution < -0.4 is 15.5 Å². The highest BCUT2D eigenvalue weighted by Gasteiger charge is 2.39. The van der Waals surface area contributed by atoms with Crippen molar-refractivity contribution >= 4 is 35.8 Å². The molecule has 3 saturated heterocycles. The Morgan fingerprint density at radius 2 is 1.76 bits per heavy atom. The van der Waals surface area contributed by atoms with Gasteiger partial charge in [-0.25, -0.2) is 4.98 Å². The van der Waals surface area contributed by atoms with Crippen LogP contribution in [0, 0.1) is 6.92 Å². The number of aryl methyl sites for hydroxylation is 1. The molecule has 4 heterocycles. The summed E-state index contributed by atoms with van der Waals surface area (Å²) in [6, 6.07) is 6.76. The number of aromatic nitrogens is 1. The topological polar surface area (TPSA) is 59.0 Å². The van der Waals surface area contributed by atoms with Crippen molar-refractivity contribution in [2.24, 2.45) is 4.99 Å². The van der Waals surface area contributed by atoms with E-state index in [1.54, 1.807) is 0 Å². The van der Waals surface area contributed by atoms with Crippen molar-refractivity contribution in [2.45, 2.75) is 63.5 Å². The number of halogens is 1. The summed E-state index contributed by atoms with van der Waals surface area (Å²) in [7, 11) is 4.16. The predicted molar refractivity (Wildman–Crippen MR) is 149 cm³/mol. The molecule has 7 nitrogen and oxygen atoms in total. The lowest BCUT2D eigenvalue weighted by atomic mass is 9.84. The van der Waals surface area contributed by atoms with Crippen LogP contribution in [-0.4, -0.2) is 92.2 Å². The molecule has 8 heteroatoms. The van der Waals surface area contributed by atoms with Crippen LogP contribution in [-0.2, 0) is 0 Å². The normalized spacial score (nSPS) is 23.1. The first-order valence-electron chi connectivity index (χ1n) is 12.7. The molecule has 33 heavy (non-hydrogen) atoms. The zero-order valence-corrected chi connectivity index (χ0v) is 23.2. The standard InChI is InChI=1S/C25H43N7.HI/c1-21-8-7-9-23(28-21)31-16-10-22(11-17-31)29-24(26-2)27-20-25(12-18-30(3)19-13-25)32-14-5-4-6-15-32;/h7-9,22H,4-6,10-20H2,1-3H3,(H2,26,27,29);1H. The minimum atomic E-state index is 0. The number of hydrogen-bond acceptors (Lipinski definition) is 5. The molecular weight excluding hydrogens is 525 g/mol. The van der Waals surface area contributed by atoms with Gasteiger partial charge in [0.2, 0.25) is 0 Å². The van der Waals surface area contributed by atoms with E-state index in [9.17, 15) is 0 Å². The van der Waals surface area contributed by atoms with Crippen LogP contribution in [0.4, 0.5) is 5.82 Å². The Hall–Kier alpha value is -1.13. The molecule has 1 aromatic rings. The van der Waals surface area contributed by atoms with Crippen molar-refractivity contribution in [1.29, 1.82) is 0 Å². The van der Waals surface area contributed by atoms with Crippen LogP contribution in [0.3, 0.4) is 0 Å². The van der Waals surface area contributed by atoms with E-state index in [1.165, 1.54) is 58.3 Å². The molecule has 186 valence electrons. The smallest absolute Gasteiger partial charge is 0.191 e.